The number of nitrogens with one attached hydrogen (secondary N) is 1. The zero-order valence-corrected chi connectivity index (χ0v) is 6.67. The van der Waals surface area contributed by atoms with Crippen molar-refractivity contribution in [3.05, 3.63) is 0 Å². The number of piperazine rings is 1. The third-order valence-corrected chi connectivity index (χ3v) is 2.18. The van der Waals surface area contributed by atoms with Gasteiger partial charge in [-0.3, -0.25) is 0 Å². The fourth-order valence-corrected chi connectivity index (χ4v) is 1.21. The average Bonchev–Trinajstić information content (AvgIpc) is 1.95. The van der Waals surface area contributed by atoms with Gasteiger partial charge in [-0.05, 0) is 14.0 Å². The zero-order chi connectivity index (χ0) is 7.56. The molecular formula is C7H16N2O. The molecule has 0 aromatic carbocycles. The van der Waals surface area contributed by atoms with Gasteiger partial charge in [-0.15, -0.1) is 0 Å². The highest BCUT2D eigenvalue weighted by molar-refractivity contribution is 4.80. The maximum atomic E-state index is 8.81. The molecule has 0 aromatic rings. The normalized spacial score (nSPS) is 36.3. The molecule has 10 heavy (non-hydrogen) atoms. The van der Waals surface area contributed by atoms with Gasteiger partial charge in [0.2, 0.25) is 0 Å². The Morgan fingerprint density at radius 3 is 2.90 bits per heavy atom. The monoisotopic (exact) mass is 144 g/mol. The van der Waals surface area contributed by atoms with E-state index in [0.29, 0.717) is 6.04 Å². The SMILES string of the molecule is C[C@H]1CN[C@@H](CO)CN1C. The summed E-state index contributed by atoms with van der Waals surface area (Å²) in [4.78, 5) is 2.26. The fraction of sp³-hybridized carbons (Fsp3) is 1.00. The van der Waals surface area contributed by atoms with Crippen molar-refractivity contribution < 1.29 is 5.11 Å². The average molecular weight is 144 g/mol. The molecule has 1 aliphatic rings. The first-order valence-corrected chi connectivity index (χ1v) is 3.78. The number of likely N-dealkylation sites (N-methyl/N-ethyl adjacent to an activating group) is 1. The molecule has 1 saturated heterocycles. The van der Waals surface area contributed by atoms with Crippen LogP contribution in [0.1, 0.15) is 6.92 Å². The lowest BCUT2D eigenvalue weighted by Gasteiger charge is -2.35. The lowest BCUT2D eigenvalue weighted by Crippen LogP contribution is -2.55. The Labute approximate surface area is 62.0 Å². The first-order valence-electron chi connectivity index (χ1n) is 3.78. The first kappa shape index (κ1) is 7.98. The second-order valence-corrected chi connectivity index (χ2v) is 3.08. The quantitative estimate of drug-likeness (QED) is 0.509. The summed E-state index contributed by atoms with van der Waals surface area (Å²) in [5.41, 5.74) is 0. The van der Waals surface area contributed by atoms with Crippen LogP contribution in [0.5, 0.6) is 0 Å². The highest BCUT2D eigenvalue weighted by Crippen LogP contribution is 2.01. The molecule has 1 fully saturated rings. The first-order chi connectivity index (χ1) is 4.74. The highest BCUT2D eigenvalue weighted by atomic mass is 16.3. The van der Waals surface area contributed by atoms with Crippen LogP contribution in [0, 0.1) is 0 Å². The molecule has 0 saturated carbocycles. The summed E-state index contributed by atoms with van der Waals surface area (Å²) in [7, 11) is 2.09. The van der Waals surface area contributed by atoms with Gasteiger partial charge in [0, 0.05) is 25.2 Å². The number of hydrogen-bond acceptors (Lipinski definition) is 3. The largest absolute Gasteiger partial charge is 0.395 e. The number of aliphatic hydroxyl groups is 1. The van der Waals surface area contributed by atoms with Crippen LogP contribution in [-0.2, 0) is 0 Å². The standard InChI is InChI=1S/C7H16N2O/c1-6-3-8-7(5-10)4-9(6)2/h6-8,10H,3-5H2,1-2H3/t6-,7+/m0/s1. The summed E-state index contributed by atoms with van der Waals surface area (Å²) in [6.45, 7) is 4.37. The van der Waals surface area contributed by atoms with Crippen molar-refractivity contribution in [1.29, 1.82) is 0 Å². The van der Waals surface area contributed by atoms with Gasteiger partial charge in [-0.1, -0.05) is 0 Å². The fourth-order valence-electron chi connectivity index (χ4n) is 1.21. The molecular weight excluding hydrogens is 128 g/mol. The Hall–Kier alpha value is -0.120. The van der Waals surface area contributed by atoms with Crippen LogP contribution < -0.4 is 5.32 Å². The predicted molar refractivity (Wildman–Crippen MR) is 41.0 cm³/mol. The predicted octanol–water partition coefficient (Wildman–Crippen LogP) is -0.729. The maximum absolute atomic E-state index is 8.81. The molecule has 0 aromatic heterocycles. The number of nitrogens with zero attached hydrogens (tertiary/aromatic N) is 1. The van der Waals surface area contributed by atoms with Crippen LogP contribution in [-0.4, -0.2) is 48.8 Å². The van der Waals surface area contributed by atoms with E-state index < -0.39 is 0 Å². The molecule has 0 spiro atoms. The summed E-state index contributed by atoms with van der Waals surface area (Å²) in [5.74, 6) is 0. The maximum Gasteiger partial charge on any atom is 0.0597 e. The molecule has 0 amide bonds. The molecule has 2 atom stereocenters. The van der Waals surface area contributed by atoms with Crippen LogP contribution >= 0.6 is 0 Å². The minimum absolute atomic E-state index is 0.247. The van der Waals surface area contributed by atoms with Gasteiger partial charge < -0.3 is 15.3 Å². The van der Waals surface area contributed by atoms with E-state index in [-0.39, 0.29) is 12.6 Å². The molecule has 1 aliphatic heterocycles. The van der Waals surface area contributed by atoms with Gasteiger partial charge >= 0.3 is 0 Å². The van der Waals surface area contributed by atoms with E-state index in [4.69, 9.17) is 5.11 Å². The Balaban J connectivity index is 2.33. The molecule has 0 bridgehead atoms. The van der Waals surface area contributed by atoms with Crippen molar-refractivity contribution in [2.24, 2.45) is 0 Å². The zero-order valence-electron chi connectivity index (χ0n) is 6.67. The summed E-state index contributed by atoms with van der Waals surface area (Å²) >= 11 is 0. The molecule has 0 aliphatic carbocycles. The van der Waals surface area contributed by atoms with E-state index >= 15 is 0 Å². The highest BCUT2D eigenvalue weighted by Gasteiger charge is 2.20. The Kier molecular flexibility index (Phi) is 2.65. The van der Waals surface area contributed by atoms with Crippen LogP contribution in [0.2, 0.25) is 0 Å². The van der Waals surface area contributed by atoms with E-state index in [1.165, 1.54) is 0 Å². The molecule has 60 valence electrons. The van der Waals surface area contributed by atoms with Gasteiger partial charge in [0.25, 0.3) is 0 Å². The molecule has 0 radical (unpaired) electrons. The van der Waals surface area contributed by atoms with Crippen molar-refractivity contribution in [2.75, 3.05) is 26.7 Å². The third-order valence-electron chi connectivity index (χ3n) is 2.18. The van der Waals surface area contributed by atoms with E-state index in [1.54, 1.807) is 0 Å². The van der Waals surface area contributed by atoms with E-state index in [1.807, 2.05) is 0 Å². The van der Waals surface area contributed by atoms with Crippen molar-refractivity contribution in [3.63, 3.8) is 0 Å². The van der Waals surface area contributed by atoms with Gasteiger partial charge in [0.15, 0.2) is 0 Å². The number of hydrogen-bond donors (Lipinski definition) is 2. The summed E-state index contributed by atoms with van der Waals surface area (Å²) in [6.07, 6.45) is 0. The smallest absolute Gasteiger partial charge is 0.0597 e. The molecule has 0 unspecified atom stereocenters. The van der Waals surface area contributed by atoms with E-state index in [2.05, 4.69) is 24.2 Å². The molecule has 3 heteroatoms. The summed E-state index contributed by atoms with van der Waals surface area (Å²) in [5, 5.41) is 12.1. The van der Waals surface area contributed by atoms with Crippen molar-refractivity contribution in [1.82, 2.24) is 10.2 Å². The molecule has 3 nitrogen and oxygen atoms in total. The second kappa shape index (κ2) is 3.32. The molecule has 2 N–H and O–H groups in total. The number of aliphatic hydroxyl groups excluding tert-OH is 1. The molecule has 1 heterocycles. The Morgan fingerprint density at radius 1 is 1.70 bits per heavy atom. The van der Waals surface area contributed by atoms with E-state index in [0.717, 1.165) is 13.1 Å². The van der Waals surface area contributed by atoms with Crippen molar-refractivity contribution in [2.45, 2.75) is 19.0 Å². The summed E-state index contributed by atoms with van der Waals surface area (Å²) < 4.78 is 0. The second-order valence-electron chi connectivity index (χ2n) is 3.08. The number of rotatable bonds is 1. The van der Waals surface area contributed by atoms with Gasteiger partial charge in [0.05, 0.1) is 6.61 Å². The topological polar surface area (TPSA) is 35.5 Å². The Bertz CT molecular complexity index is 108. The molecule has 1 rings (SSSR count). The summed E-state index contributed by atoms with van der Waals surface area (Å²) in [6, 6.07) is 0.879. The lowest BCUT2D eigenvalue weighted by molar-refractivity contribution is 0.132. The van der Waals surface area contributed by atoms with Crippen molar-refractivity contribution >= 4 is 0 Å². The Morgan fingerprint density at radius 2 is 2.40 bits per heavy atom. The van der Waals surface area contributed by atoms with Crippen LogP contribution in [0.4, 0.5) is 0 Å². The van der Waals surface area contributed by atoms with E-state index in [9.17, 15) is 0 Å². The minimum Gasteiger partial charge on any atom is -0.395 e. The van der Waals surface area contributed by atoms with Gasteiger partial charge in [-0.2, -0.15) is 0 Å². The third kappa shape index (κ3) is 1.68. The van der Waals surface area contributed by atoms with Crippen LogP contribution in [0.3, 0.4) is 0 Å². The lowest BCUT2D eigenvalue weighted by atomic mass is 10.1. The van der Waals surface area contributed by atoms with Gasteiger partial charge in [-0.25, -0.2) is 0 Å². The minimum atomic E-state index is 0.247. The van der Waals surface area contributed by atoms with Crippen LogP contribution in [0.25, 0.3) is 0 Å². The van der Waals surface area contributed by atoms with Crippen LogP contribution in [0.15, 0.2) is 0 Å². The van der Waals surface area contributed by atoms with Gasteiger partial charge in [0.1, 0.15) is 0 Å². The van der Waals surface area contributed by atoms with Crippen molar-refractivity contribution in [3.8, 4) is 0 Å².